The standard InChI is InChI=1S/C20H21N5O.2ClH/c21-19-16(7-3-9-23-19)18(26)17-13-14-5-1-2-6-15(14)20(24-17)25-11-4-8-22-10-12-25;;/h1-3,5-7,9,13,22H,4,8,10-12H2,(H2,21,23);2*1H. The van der Waals surface area contributed by atoms with E-state index in [9.17, 15) is 4.79 Å². The van der Waals surface area contributed by atoms with Gasteiger partial charge in [-0.15, -0.1) is 24.8 Å². The molecule has 1 aromatic carbocycles. The second-order valence-corrected chi connectivity index (χ2v) is 6.41. The molecule has 6 nitrogen and oxygen atoms in total. The van der Waals surface area contributed by atoms with Crippen LogP contribution in [0.1, 0.15) is 22.5 Å². The Bertz CT molecular complexity index is 958. The average molecular weight is 420 g/mol. The molecule has 0 saturated carbocycles. The molecule has 4 rings (SSSR count). The van der Waals surface area contributed by atoms with E-state index >= 15 is 0 Å². The average Bonchev–Trinajstić information content (AvgIpc) is 2.96. The number of benzene rings is 1. The SMILES string of the molecule is Cl.Cl.Nc1ncccc1C(=O)c1cc2ccccc2c(N2CCCNCC2)n1. The van der Waals surface area contributed by atoms with E-state index in [1.165, 1.54) is 0 Å². The highest BCUT2D eigenvalue weighted by Crippen LogP contribution is 2.27. The van der Waals surface area contributed by atoms with Gasteiger partial charge in [-0.05, 0) is 36.6 Å². The van der Waals surface area contributed by atoms with Crippen LogP contribution in [0.25, 0.3) is 10.8 Å². The highest BCUT2D eigenvalue weighted by atomic mass is 35.5. The zero-order valence-corrected chi connectivity index (χ0v) is 16.9. The number of nitrogen functional groups attached to an aromatic ring is 1. The number of hydrogen-bond acceptors (Lipinski definition) is 6. The van der Waals surface area contributed by atoms with E-state index in [1.54, 1.807) is 18.3 Å². The molecule has 3 aromatic rings. The maximum atomic E-state index is 13.0. The minimum Gasteiger partial charge on any atom is -0.383 e. The van der Waals surface area contributed by atoms with E-state index in [0.29, 0.717) is 11.3 Å². The van der Waals surface area contributed by atoms with Gasteiger partial charge in [-0.2, -0.15) is 0 Å². The minimum absolute atomic E-state index is 0. The van der Waals surface area contributed by atoms with Crippen LogP contribution in [0.2, 0.25) is 0 Å². The Balaban J connectivity index is 0.00000140. The van der Waals surface area contributed by atoms with Crippen LogP contribution in [0.4, 0.5) is 11.6 Å². The predicted octanol–water partition coefficient (Wildman–Crippen LogP) is 3.09. The molecule has 3 N–H and O–H groups in total. The Morgan fingerprint density at radius 1 is 1.07 bits per heavy atom. The molecule has 148 valence electrons. The quantitative estimate of drug-likeness (QED) is 0.634. The number of hydrogen-bond donors (Lipinski definition) is 2. The first-order valence-electron chi connectivity index (χ1n) is 8.85. The van der Waals surface area contributed by atoms with Crippen molar-refractivity contribution in [1.29, 1.82) is 0 Å². The van der Waals surface area contributed by atoms with Crippen molar-refractivity contribution >= 4 is 53.0 Å². The summed E-state index contributed by atoms with van der Waals surface area (Å²) in [6.45, 7) is 3.68. The zero-order chi connectivity index (χ0) is 17.9. The Morgan fingerprint density at radius 3 is 2.71 bits per heavy atom. The summed E-state index contributed by atoms with van der Waals surface area (Å²) < 4.78 is 0. The highest BCUT2D eigenvalue weighted by molar-refractivity contribution is 6.12. The number of nitrogens with one attached hydrogen (secondary N) is 1. The number of rotatable bonds is 3. The van der Waals surface area contributed by atoms with Crippen molar-refractivity contribution in [3.8, 4) is 0 Å². The molecule has 1 aliphatic rings. The van der Waals surface area contributed by atoms with E-state index in [-0.39, 0.29) is 36.4 Å². The van der Waals surface area contributed by atoms with Gasteiger partial charge in [-0.25, -0.2) is 9.97 Å². The van der Waals surface area contributed by atoms with Crippen LogP contribution in [0.15, 0.2) is 48.7 Å². The van der Waals surface area contributed by atoms with Crippen LogP contribution in [0, 0.1) is 0 Å². The van der Waals surface area contributed by atoms with Gasteiger partial charge in [0.2, 0.25) is 5.78 Å². The van der Waals surface area contributed by atoms with Gasteiger partial charge in [0.1, 0.15) is 17.3 Å². The van der Waals surface area contributed by atoms with Gasteiger partial charge < -0.3 is 16.0 Å². The molecule has 0 radical (unpaired) electrons. The van der Waals surface area contributed by atoms with Gasteiger partial charge in [0, 0.05) is 31.2 Å². The molecule has 0 aliphatic carbocycles. The van der Waals surface area contributed by atoms with Crippen LogP contribution in [-0.2, 0) is 0 Å². The molecule has 8 heteroatoms. The fourth-order valence-electron chi connectivity index (χ4n) is 3.34. The lowest BCUT2D eigenvalue weighted by molar-refractivity contribution is 0.103. The highest BCUT2D eigenvalue weighted by Gasteiger charge is 2.20. The van der Waals surface area contributed by atoms with Crippen molar-refractivity contribution in [2.45, 2.75) is 6.42 Å². The summed E-state index contributed by atoms with van der Waals surface area (Å²) in [5.41, 5.74) is 6.68. The Hall–Kier alpha value is -2.41. The molecule has 2 aromatic heterocycles. The summed E-state index contributed by atoms with van der Waals surface area (Å²) in [4.78, 5) is 24.0. The van der Waals surface area contributed by atoms with E-state index in [4.69, 9.17) is 10.7 Å². The zero-order valence-electron chi connectivity index (χ0n) is 15.3. The molecule has 3 heterocycles. The number of anilines is 2. The number of ketones is 1. The smallest absolute Gasteiger partial charge is 0.215 e. The largest absolute Gasteiger partial charge is 0.383 e. The number of halogens is 2. The predicted molar refractivity (Wildman–Crippen MR) is 118 cm³/mol. The number of carbonyl (C=O) groups is 1. The fourth-order valence-corrected chi connectivity index (χ4v) is 3.34. The van der Waals surface area contributed by atoms with E-state index in [0.717, 1.165) is 49.2 Å². The third-order valence-electron chi connectivity index (χ3n) is 4.68. The van der Waals surface area contributed by atoms with Crippen molar-refractivity contribution < 1.29 is 4.79 Å². The van der Waals surface area contributed by atoms with Gasteiger partial charge in [-0.3, -0.25) is 4.79 Å². The Labute approximate surface area is 176 Å². The molecular weight excluding hydrogens is 397 g/mol. The number of nitrogens with two attached hydrogens (primary N) is 1. The minimum atomic E-state index is -0.199. The number of nitrogens with zero attached hydrogens (tertiary/aromatic N) is 3. The summed E-state index contributed by atoms with van der Waals surface area (Å²) in [6, 6.07) is 13.3. The molecule has 1 fully saturated rings. The maximum absolute atomic E-state index is 13.0. The topological polar surface area (TPSA) is 84.1 Å². The molecular formula is C20H23Cl2N5O. The molecule has 1 aliphatic heterocycles. The second-order valence-electron chi connectivity index (χ2n) is 6.41. The van der Waals surface area contributed by atoms with Crippen molar-refractivity contribution in [3.05, 3.63) is 59.9 Å². The normalized spacial score (nSPS) is 13.9. The summed E-state index contributed by atoms with van der Waals surface area (Å²) in [7, 11) is 0. The summed E-state index contributed by atoms with van der Waals surface area (Å²) in [5, 5.41) is 5.47. The maximum Gasteiger partial charge on any atom is 0.215 e. The van der Waals surface area contributed by atoms with Crippen molar-refractivity contribution in [2.24, 2.45) is 0 Å². The molecule has 1 saturated heterocycles. The lowest BCUT2D eigenvalue weighted by atomic mass is 10.0. The first kappa shape index (κ1) is 21.9. The van der Waals surface area contributed by atoms with Crippen LogP contribution in [0.3, 0.4) is 0 Å². The number of carbonyl (C=O) groups excluding carboxylic acids is 1. The Morgan fingerprint density at radius 2 is 1.89 bits per heavy atom. The van der Waals surface area contributed by atoms with Gasteiger partial charge >= 0.3 is 0 Å². The third kappa shape index (κ3) is 4.35. The number of aromatic nitrogens is 2. The van der Waals surface area contributed by atoms with Gasteiger partial charge in [0.25, 0.3) is 0 Å². The van der Waals surface area contributed by atoms with Gasteiger partial charge in [0.15, 0.2) is 0 Å². The van der Waals surface area contributed by atoms with Crippen molar-refractivity contribution in [3.63, 3.8) is 0 Å². The lowest BCUT2D eigenvalue weighted by Gasteiger charge is -2.23. The fraction of sp³-hybridized carbons (Fsp3) is 0.250. The third-order valence-corrected chi connectivity index (χ3v) is 4.68. The lowest BCUT2D eigenvalue weighted by Crippen LogP contribution is -2.29. The Kier molecular flexibility index (Phi) is 7.57. The van der Waals surface area contributed by atoms with Crippen molar-refractivity contribution in [1.82, 2.24) is 15.3 Å². The summed E-state index contributed by atoms with van der Waals surface area (Å²) in [5.74, 6) is 0.890. The second kappa shape index (κ2) is 9.68. The van der Waals surface area contributed by atoms with Crippen LogP contribution in [-0.4, -0.2) is 41.9 Å². The molecule has 0 spiro atoms. The van der Waals surface area contributed by atoms with Crippen LogP contribution >= 0.6 is 24.8 Å². The molecule has 0 bridgehead atoms. The van der Waals surface area contributed by atoms with Crippen molar-refractivity contribution in [2.75, 3.05) is 36.8 Å². The monoisotopic (exact) mass is 419 g/mol. The molecule has 0 amide bonds. The van der Waals surface area contributed by atoms with Crippen LogP contribution in [0.5, 0.6) is 0 Å². The molecule has 28 heavy (non-hydrogen) atoms. The van der Waals surface area contributed by atoms with E-state index in [1.807, 2.05) is 24.3 Å². The number of fused-ring (bicyclic) bond motifs is 1. The van der Waals surface area contributed by atoms with E-state index in [2.05, 4.69) is 21.3 Å². The van der Waals surface area contributed by atoms with Crippen LogP contribution < -0.4 is 16.0 Å². The van der Waals surface area contributed by atoms with Gasteiger partial charge in [-0.1, -0.05) is 24.3 Å². The van der Waals surface area contributed by atoms with Gasteiger partial charge in [0.05, 0.1) is 5.56 Å². The molecule has 0 unspecified atom stereocenters. The first-order chi connectivity index (χ1) is 12.7. The summed E-state index contributed by atoms with van der Waals surface area (Å²) in [6.07, 6.45) is 2.62. The first-order valence-corrected chi connectivity index (χ1v) is 8.85. The number of pyridine rings is 2. The van der Waals surface area contributed by atoms with E-state index < -0.39 is 0 Å². The summed E-state index contributed by atoms with van der Waals surface area (Å²) >= 11 is 0. The molecule has 0 atom stereocenters.